The number of furan rings is 1. The molecule has 138 valence electrons. The molecule has 2 aromatic carbocycles. The second kappa shape index (κ2) is 6.62. The van der Waals surface area contributed by atoms with E-state index in [9.17, 15) is 19.5 Å². The highest BCUT2D eigenvalue weighted by atomic mass is 16.4. The fourth-order valence-electron chi connectivity index (χ4n) is 2.98. The number of carboxylic acid groups (broad SMARTS) is 1. The van der Waals surface area contributed by atoms with Gasteiger partial charge in [0.1, 0.15) is 11.5 Å². The fourth-order valence-corrected chi connectivity index (χ4v) is 2.98. The predicted octanol–water partition coefficient (Wildman–Crippen LogP) is 3.58. The van der Waals surface area contributed by atoms with Gasteiger partial charge in [-0.15, -0.1) is 0 Å². The first-order valence-corrected chi connectivity index (χ1v) is 8.41. The van der Waals surface area contributed by atoms with Crippen LogP contribution in [0.5, 0.6) is 0 Å². The van der Waals surface area contributed by atoms with Crippen LogP contribution in [0.15, 0.2) is 64.1 Å². The number of rotatable bonds is 4. The van der Waals surface area contributed by atoms with Crippen LogP contribution in [0.1, 0.15) is 42.4 Å². The molecule has 0 saturated carbocycles. The molecule has 7 nitrogen and oxygen atoms in total. The molecule has 1 aliphatic rings. The van der Waals surface area contributed by atoms with E-state index in [-0.39, 0.29) is 5.56 Å². The maximum atomic E-state index is 12.3. The van der Waals surface area contributed by atoms with Crippen molar-refractivity contribution in [1.29, 1.82) is 0 Å². The Bertz CT molecular complexity index is 1120. The molecule has 1 aromatic heterocycles. The van der Waals surface area contributed by atoms with Crippen LogP contribution in [0.2, 0.25) is 0 Å². The number of benzene rings is 2. The zero-order valence-corrected chi connectivity index (χ0v) is 14.7. The Labute approximate surface area is 159 Å². The van der Waals surface area contributed by atoms with Crippen LogP contribution in [-0.2, 0) is 0 Å². The van der Waals surface area contributed by atoms with E-state index < -0.39 is 17.8 Å². The number of fused-ring (bicyclic) bond motifs is 1. The maximum Gasteiger partial charge on any atom is 0.335 e. The Kier molecular flexibility index (Phi) is 4.12. The number of hydrazone groups is 1. The van der Waals surface area contributed by atoms with Crippen molar-refractivity contribution in [3.8, 4) is 11.3 Å². The van der Waals surface area contributed by atoms with Crippen LogP contribution in [0.3, 0.4) is 0 Å². The molecule has 0 fully saturated rings. The summed E-state index contributed by atoms with van der Waals surface area (Å²) in [7, 11) is 0. The molecule has 0 bridgehead atoms. The van der Waals surface area contributed by atoms with Gasteiger partial charge >= 0.3 is 5.97 Å². The van der Waals surface area contributed by atoms with E-state index in [4.69, 9.17) is 4.42 Å². The normalized spacial score (nSPS) is 13.4. The maximum absolute atomic E-state index is 12.3. The molecule has 2 amide bonds. The molecule has 0 radical (unpaired) electrons. The Hall–Kier alpha value is -4.00. The number of nitrogens with zero attached hydrogens (tertiary/aromatic N) is 2. The van der Waals surface area contributed by atoms with Gasteiger partial charge in [-0.3, -0.25) is 9.59 Å². The lowest BCUT2D eigenvalue weighted by molar-refractivity contribution is 0.0655. The van der Waals surface area contributed by atoms with Crippen LogP contribution in [0, 0.1) is 6.92 Å². The van der Waals surface area contributed by atoms with E-state index in [0.29, 0.717) is 33.8 Å². The van der Waals surface area contributed by atoms with Gasteiger partial charge in [-0.05, 0) is 42.8 Å². The fraction of sp³-hybridized carbons (Fsp3) is 0.0476. The van der Waals surface area contributed by atoms with Gasteiger partial charge in [0, 0.05) is 5.56 Å². The van der Waals surface area contributed by atoms with E-state index in [2.05, 4.69) is 5.10 Å². The quantitative estimate of drug-likeness (QED) is 0.556. The van der Waals surface area contributed by atoms with Gasteiger partial charge in [0.05, 0.1) is 22.9 Å². The number of aryl methyl sites for hydroxylation is 1. The molecular weight excluding hydrogens is 360 g/mol. The lowest BCUT2D eigenvalue weighted by atomic mass is 10.0. The van der Waals surface area contributed by atoms with Crippen molar-refractivity contribution >= 4 is 24.0 Å². The third kappa shape index (κ3) is 2.88. The molecule has 0 spiro atoms. The summed E-state index contributed by atoms with van der Waals surface area (Å²) in [4.78, 5) is 35.9. The largest absolute Gasteiger partial charge is 0.478 e. The molecule has 7 heteroatoms. The molecule has 2 heterocycles. The van der Waals surface area contributed by atoms with E-state index in [0.717, 1.165) is 5.01 Å². The van der Waals surface area contributed by atoms with Crippen molar-refractivity contribution in [1.82, 2.24) is 5.01 Å². The Morgan fingerprint density at radius 2 is 1.71 bits per heavy atom. The SMILES string of the molecule is Cc1ccc(-c2ccc(/C=N\N3C(=O)c4ccccc4C3=O)o2)cc1C(=O)O. The number of hydrogen-bond donors (Lipinski definition) is 1. The molecule has 0 saturated heterocycles. The smallest absolute Gasteiger partial charge is 0.335 e. The topological polar surface area (TPSA) is 100 Å². The lowest BCUT2D eigenvalue weighted by Crippen LogP contribution is -2.23. The number of carboxylic acids is 1. The minimum absolute atomic E-state index is 0.190. The first kappa shape index (κ1) is 17.4. The van der Waals surface area contributed by atoms with Gasteiger partial charge in [0.15, 0.2) is 0 Å². The summed E-state index contributed by atoms with van der Waals surface area (Å²) in [5, 5.41) is 14.0. The molecular formula is C21H14N2O5. The average Bonchev–Trinajstić information content (AvgIpc) is 3.25. The summed E-state index contributed by atoms with van der Waals surface area (Å²) in [6.07, 6.45) is 1.28. The van der Waals surface area contributed by atoms with Gasteiger partial charge in [0.2, 0.25) is 0 Å². The third-order valence-electron chi connectivity index (χ3n) is 4.45. The van der Waals surface area contributed by atoms with Crippen LogP contribution in [-0.4, -0.2) is 34.1 Å². The van der Waals surface area contributed by atoms with E-state index in [1.165, 1.54) is 12.3 Å². The molecule has 4 rings (SSSR count). The van der Waals surface area contributed by atoms with Gasteiger partial charge in [-0.25, -0.2) is 4.79 Å². The van der Waals surface area contributed by atoms with Crippen LogP contribution in [0.25, 0.3) is 11.3 Å². The number of imide groups is 1. The molecule has 1 N–H and O–H groups in total. The number of carbonyl (C=O) groups excluding carboxylic acids is 2. The first-order valence-electron chi connectivity index (χ1n) is 8.41. The van der Waals surface area contributed by atoms with Crippen molar-refractivity contribution in [2.45, 2.75) is 6.92 Å². The van der Waals surface area contributed by atoms with Crippen molar-refractivity contribution < 1.29 is 23.9 Å². The van der Waals surface area contributed by atoms with Crippen molar-refractivity contribution in [3.05, 3.63) is 82.6 Å². The van der Waals surface area contributed by atoms with Gasteiger partial charge in [-0.2, -0.15) is 10.1 Å². The monoisotopic (exact) mass is 374 g/mol. The van der Waals surface area contributed by atoms with Crippen molar-refractivity contribution in [2.24, 2.45) is 5.10 Å². The van der Waals surface area contributed by atoms with E-state index in [1.807, 2.05) is 0 Å². The third-order valence-corrected chi connectivity index (χ3v) is 4.45. The summed E-state index contributed by atoms with van der Waals surface area (Å²) in [5.41, 5.74) is 2.06. The molecule has 0 aliphatic carbocycles. The minimum Gasteiger partial charge on any atom is -0.478 e. The number of hydrogen-bond acceptors (Lipinski definition) is 5. The summed E-state index contributed by atoms with van der Waals surface area (Å²) < 4.78 is 5.66. The van der Waals surface area contributed by atoms with E-state index in [1.54, 1.807) is 55.5 Å². The second-order valence-electron chi connectivity index (χ2n) is 6.25. The summed E-state index contributed by atoms with van der Waals surface area (Å²) in [6.45, 7) is 1.72. The van der Waals surface area contributed by atoms with Crippen molar-refractivity contribution in [3.63, 3.8) is 0 Å². The Morgan fingerprint density at radius 3 is 2.36 bits per heavy atom. The van der Waals surface area contributed by atoms with Gasteiger partial charge in [0.25, 0.3) is 11.8 Å². The summed E-state index contributed by atoms with van der Waals surface area (Å²) in [5.74, 6) is -1.23. The van der Waals surface area contributed by atoms with Crippen molar-refractivity contribution in [2.75, 3.05) is 0 Å². The Balaban J connectivity index is 1.58. The Morgan fingerprint density at radius 1 is 1.04 bits per heavy atom. The molecule has 1 aliphatic heterocycles. The van der Waals surface area contributed by atoms with Crippen LogP contribution >= 0.6 is 0 Å². The number of carbonyl (C=O) groups is 3. The zero-order chi connectivity index (χ0) is 19.8. The highest BCUT2D eigenvalue weighted by molar-refractivity contribution is 6.21. The van der Waals surface area contributed by atoms with Gasteiger partial charge < -0.3 is 9.52 Å². The van der Waals surface area contributed by atoms with Crippen LogP contribution < -0.4 is 0 Å². The molecule has 0 unspecified atom stereocenters. The lowest BCUT2D eigenvalue weighted by Gasteiger charge is -2.04. The van der Waals surface area contributed by atoms with Gasteiger partial charge in [-0.1, -0.05) is 24.3 Å². The average molecular weight is 374 g/mol. The second-order valence-corrected chi connectivity index (χ2v) is 6.25. The molecule has 28 heavy (non-hydrogen) atoms. The molecule has 0 atom stereocenters. The van der Waals surface area contributed by atoms with E-state index >= 15 is 0 Å². The predicted molar refractivity (Wildman–Crippen MR) is 100 cm³/mol. The minimum atomic E-state index is -1.02. The summed E-state index contributed by atoms with van der Waals surface area (Å²) in [6, 6.07) is 14.8. The zero-order valence-electron chi connectivity index (χ0n) is 14.7. The highest BCUT2D eigenvalue weighted by Crippen LogP contribution is 2.25. The molecule has 3 aromatic rings. The number of aromatic carboxylic acids is 1. The highest BCUT2D eigenvalue weighted by Gasteiger charge is 2.35. The summed E-state index contributed by atoms with van der Waals surface area (Å²) >= 11 is 0. The van der Waals surface area contributed by atoms with Crippen LogP contribution in [0.4, 0.5) is 0 Å². The standard InChI is InChI=1S/C21H14N2O5/c1-12-6-7-13(10-17(12)21(26)27)18-9-8-14(28-18)11-22-23-19(24)15-4-2-3-5-16(15)20(23)25/h2-11H,1H3,(H,26,27)/b22-11-. The number of amides is 2. The first-order chi connectivity index (χ1) is 13.5.